The Kier molecular flexibility index (Phi) is 5.25. The van der Waals surface area contributed by atoms with Gasteiger partial charge in [0.05, 0.1) is 17.2 Å². The summed E-state index contributed by atoms with van der Waals surface area (Å²) in [6.07, 6.45) is -4.70. The van der Waals surface area contributed by atoms with Crippen molar-refractivity contribution >= 4 is 11.6 Å². The van der Waals surface area contributed by atoms with Gasteiger partial charge in [-0.1, -0.05) is 42.5 Å². The molecule has 0 aliphatic rings. The minimum absolute atomic E-state index is 0.141. The van der Waals surface area contributed by atoms with Gasteiger partial charge in [0.25, 0.3) is 0 Å². The molecule has 0 bridgehead atoms. The lowest BCUT2D eigenvalue weighted by molar-refractivity contribution is -0.137. The molecule has 3 rings (SSSR count). The molecule has 27 heavy (non-hydrogen) atoms. The van der Waals surface area contributed by atoms with Crippen molar-refractivity contribution in [2.75, 3.05) is 5.32 Å². The van der Waals surface area contributed by atoms with Crippen LogP contribution in [0.5, 0.6) is 0 Å². The fraction of sp³-hybridized carbons (Fsp3) is 0.211. The van der Waals surface area contributed by atoms with Crippen LogP contribution in [0.4, 0.5) is 18.9 Å². The van der Waals surface area contributed by atoms with E-state index in [0.29, 0.717) is 5.89 Å². The largest absolute Gasteiger partial charge is 0.425 e. The fourth-order valence-corrected chi connectivity index (χ4v) is 2.71. The summed E-state index contributed by atoms with van der Waals surface area (Å²) in [6, 6.07) is 13.8. The molecule has 0 saturated carbocycles. The van der Waals surface area contributed by atoms with E-state index >= 15 is 0 Å². The highest BCUT2D eigenvalue weighted by molar-refractivity contribution is 5.92. The number of aryl methyl sites for hydroxylation is 1. The summed E-state index contributed by atoms with van der Waals surface area (Å²) in [6.45, 7) is 1.62. The first-order valence-electron chi connectivity index (χ1n) is 8.15. The van der Waals surface area contributed by atoms with Crippen LogP contribution in [0.3, 0.4) is 0 Å². The predicted octanol–water partition coefficient (Wildman–Crippen LogP) is 4.56. The lowest BCUT2D eigenvalue weighted by Gasteiger charge is -2.16. The van der Waals surface area contributed by atoms with Crippen molar-refractivity contribution in [3.05, 3.63) is 77.5 Å². The molecule has 8 heteroatoms. The van der Waals surface area contributed by atoms with Crippen LogP contribution in [-0.4, -0.2) is 16.1 Å². The SMILES string of the molecule is Cc1nnc(C(CC(=O)Nc2ccccc2C(F)(F)F)c2ccccc2)o1. The molecule has 1 unspecified atom stereocenters. The zero-order chi connectivity index (χ0) is 19.4. The normalized spacial score (nSPS) is 12.6. The minimum atomic E-state index is -4.56. The van der Waals surface area contributed by atoms with Crippen LogP contribution in [0.25, 0.3) is 0 Å². The average molecular weight is 375 g/mol. The van der Waals surface area contributed by atoms with Gasteiger partial charge in [-0.15, -0.1) is 10.2 Å². The quantitative estimate of drug-likeness (QED) is 0.710. The number of anilines is 1. The van der Waals surface area contributed by atoms with Crippen LogP contribution in [0.15, 0.2) is 59.0 Å². The maximum atomic E-state index is 13.1. The number of alkyl halides is 3. The highest BCUT2D eigenvalue weighted by atomic mass is 19.4. The number of nitrogens with one attached hydrogen (secondary N) is 1. The van der Waals surface area contributed by atoms with Crippen molar-refractivity contribution in [3.8, 4) is 0 Å². The fourth-order valence-electron chi connectivity index (χ4n) is 2.71. The van der Waals surface area contributed by atoms with Crippen molar-refractivity contribution in [2.45, 2.75) is 25.4 Å². The van der Waals surface area contributed by atoms with Crippen LogP contribution < -0.4 is 5.32 Å². The number of nitrogens with zero attached hydrogens (tertiary/aromatic N) is 2. The number of para-hydroxylation sites is 1. The van der Waals surface area contributed by atoms with Crippen LogP contribution in [0.1, 0.15) is 35.2 Å². The Morgan fingerprint density at radius 2 is 1.74 bits per heavy atom. The standard InChI is InChI=1S/C19H16F3N3O2/c1-12-24-25-18(27-12)14(13-7-3-2-4-8-13)11-17(26)23-16-10-6-5-9-15(16)19(20,21)22/h2-10,14H,11H2,1H3,(H,23,26). The number of aromatic nitrogens is 2. The molecule has 2 aromatic carbocycles. The third kappa shape index (κ3) is 4.52. The Bertz CT molecular complexity index is 923. The van der Waals surface area contributed by atoms with Gasteiger partial charge in [0, 0.05) is 13.3 Å². The molecule has 1 aromatic heterocycles. The van der Waals surface area contributed by atoms with Gasteiger partial charge < -0.3 is 9.73 Å². The summed E-state index contributed by atoms with van der Waals surface area (Å²) >= 11 is 0. The lowest BCUT2D eigenvalue weighted by atomic mass is 9.95. The first kappa shape index (κ1) is 18.6. The second-order valence-electron chi connectivity index (χ2n) is 5.92. The molecule has 1 N–H and O–H groups in total. The van der Waals surface area contributed by atoms with Crippen molar-refractivity contribution in [3.63, 3.8) is 0 Å². The molecule has 140 valence electrons. The Labute approximate surface area is 153 Å². The van der Waals surface area contributed by atoms with E-state index in [0.717, 1.165) is 11.6 Å². The van der Waals surface area contributed by atoms with Crippen molar-refractivity contribution in [2.24, 2.45) is 0 Å². The zero-order valence-corrected chi connectivity index (χ0v) is 14.3. The summed E-state index contributed by atoms with van der Waals surface area (Å²) in [4.78, 5) is 12.5. The van der Waals surface area contributed by atoms with E-state index in [-0.39, 0.29) is 18.0 Å². The zero-order valence-electron chi connectivity index (χ0n) is 14.3. The van der Waals surface area contributed by atoms with Gasteiger partial charge >= 0.3 is 6.18 Å². The van der Waals surface area contributed by atoms with Crippen LogP contribution in [0, 0.1) is 6.92 Å². The third-order valence-electron chi connectivity index (χ3n) is 3.94. The van der Waals surface area contributed by atoms with Gasteiger partial charge in [-0.25, -0.2) is 0 Å². The number of hydrogen-bond acceptors (Lipinski definition) is 4. The second kappa shape index (κ2) is 7.61. The monoisotopic (exact) mass is 375 g/mol. The molecule has 0 aliphatic heterocycles. The summed E-state index contributed by atoms with van der Waals surface area (Å²) < 4.78 is 44.8. The smallest absolute Gasteiger partial charge is 0.418 e. The summed E-state index contributed by atoms with van der Waals surface area (Å²) in [5.74, 6) is -0.575. The van der Waals surface area contributed by atoms with Crippen molar-refractivity contribution in [1.82, 2.24) is 10.2 Å². The van der Waals surface area contributed by atoms with Crippen LogP contribution >= 0.6 is 0 Å². The number of benzene rings is 2. The van der Waals surface area contributed by atoms with Crippen LogP contribution in [0.2, 0.25) is 0 Å². The Balaban J connectivity index is 1.84. The Morgan fingerprint density at radius 1 is 1.07 bits per heavy atom. The van der Waals surface area contributed by atoms with E-state index in [1.54, 1.807) is 31.2 Å². The molecule has 0 radical (unpaired) electrons. The van der Waals surface area contributed by atoms with Gasteiger partial charge in [-0.2, -0.15) is 13.2 Å². The highest BCUT2D eigenvalue weighted by Gasteiger charge is 2.34. The highest BCUT2D eigenvalue weighted by Crippen LogP contribution is 2.35. The third-order valence-corrected chi connectivity index (χ3v) is 3.94. The molecule has 1 heterocycles. The summed E-state index contributed by atoms with van der Waals surface area (Å²) in [5.41, 5.74) is -0.438. The van der Waals surface area contributed by atoms with E-state index in [4.69, 9.17) is 4.42 Å². The Hall–Kier alpha value is -3.16. The number of amides is 1. The van der Waals surface area contributed by atoms with E-state index in [1.807, 2.05) is 6.07 Å². The first-order chi connectivity index (χ1) is 12.8. The maximum Gasteiger partial charge on any atom is 0.418 e. The van der Waals surface area contributed by atoms with Gasteiger partial charge in [0.15, 0.2) is 0 Å². The Morgan fingerprint density at radius 3 is 2.37 bits per heavy atom. The molecular weight excluding hydrogens is 359 g/mol. The molecule has 5 nitrogen and oxygen atoms in total. The van der Waals surface area contributed by atoms with Gasteiger partial charge in [-0.05, 0) is 17.7 Å². The van der Waals surface area contributed by atoms with E-state index < -0.39 is 23.6 Å². The number of halogens is 3. The van der Waals surface area contributed by atoms with Gasteiger partial charge in [-0.3, -0.25) is 4.79 Å². The van der Waals surface area contributed by atoms with Crippen LogP contribution in [-0.2, 0) is 11.0 Å². The van der Waals surface area contributed by atoms with Crippen molar-refractivity contribution in [1.29, 1.82) is 0 Å². The van der Waals surface area contributed by atoms with E-state index in [1.165, 1.54) is 18.2 Å². The first-order valence-corrected chi connectivity index (χ1v) is 8.15. The second-order valence-corrected chi connectivity index (χ2v) is 5.92. The maximum absolute atomic E-state index is 13.1. The van der Waals surface area contributed by atoms with E-state index in [9.17, 15) is 18.0 Å². The predicted molar refractivity (Wildman–Crippen MR) is 92.0 cm³/mol. The molecule has 0 spiro atoms. The summed E-state index contributed by atoms with van der Waals surface area (Å²) in [7, 11) is 0. The van der Waals surface area contributed by atoms with Gasteiger partial charge in [0.1, 0.15) is 0 Å². The molecule has 0 saturated heterocycles. The van der Waals surface area contributed by atoms with E-state index in [2.05, 4.69) is 15.5 Å². The number of rotatable bonds is 5. The van der Waals surface area contributed by atoms with Gasteiger partial charge in [0.2, 0.25) is 17.7 Å². The topological polar surface area (TPSA) is 68.0 Å². The number of carbonyl (C=O) groups is 1. The molecule has 1 atom stereocenters. The molecule has 1 amide bonds. The molecular formula is C19H16F3N3O2. The minimum Gasteiger partial charge on any atom is -0.425 e. The number of hydrogen-bond donors (Lipinski definition) is 1. The lowest BCUT2D eigenvalue weighted by Crippen LogP contribution is -2.19. The number of carbonyl (C=O) groups excluding carboxylic acids is 1. The molecule has 0 fully saturated rings. The molecule has 0 aliphatic carbocycles. The molecule has 3 aromatic rings. The average Bonchev–Trinajstić information content (AvgIpc) is 3.06. The van der Waals surface area contributed by atoms with Crippen molar-refractivity contribution < 1.29 is 22.4 Å². The summed E-state index contributed by atoms with van der Waals surface area (Å²) in [5, 5.41) is 10.1.